The van der Waals surface area contributed by atoms with E-state index in [-0.39, 0.29) is 5.41 Å². The Labute approximate surface area is 333 Å². The van der Waals surface area contributed by atoms with Crippen molar-refractivity contribution in [3.8, 4) is 16.8 Å². The second kappa shape index (κ2) is 13.7. The summed E-state index contributed by atoms with van der Waals surface area (Å²) in [5, 5.41) is 4.77. The van der Waals surface area contributed by atoms with Gasteiger partial charge in [-0.3, -0.25) is 0 Å². The molecule has 0 saturated heterocycles. The number of rotatable bonds is 7. The zero-order chi connectivity index (χ0) is 37.8. The van der Waals surface area contributed by atoms with Crippen molar-refractivity contribution in [2.45, 2.75) is 37.5 Å². The molecule has 3 heteroatoms. The zero-order valence-electron chi connectivity index (χ0n) is 31.8. The number of hydrogen-bond donors (Lipinski definition) is 0. The molecule has 2 heterocycles. The first kappa shape index (κ1) is 33.5. The predicted octanol–water partition coefficient (Wildman–Crippen LogP) is 15.1. The average molecular weight is 735 g/mol. The number of hydrogen-bond acceptors (Lipinski definition) is 2. The Bertz CT molecular complexity index is 3020. The van der Waals surface area contributed by atoms with Crippen LogP contribution in [0, 0.1) is 0 Å². The highest BCUT2D eigenvalue weighted by molar-refractivity contribution is 6.10. The lowest BCUT2D eigenvalue weighted by molar-refractivity contribution is 0.346. The van der Waals surface area contributed by atoms with Crippen LogP contribution >= 0.6 is 0 Å². The summed E-state index contributed by atoms with van der Waals surface area (Å²) < 4.78 is 8.65. The van der Waals surface area contributed by atoms with E-state index in [1.165, 1.54) is 81.9 Å². The zero-order valence-corrected chi connectivity index (χ0v) is 31.8. The third kappa shape index (κ3) is 5.65. The summed E-state index contributed by atoms with van der Waals surface area (Å²) in [5.41, 5.74) is 14.0. The Morgan fingerprint density at radius 2 is 0.982 bits per heavy atom. The van der Waals surface area contributed by atoms with E-state index in [2.05, 4.69) is 198 Å². The molecule has 0 amide bonds. The fourth-order valence-corrected chi connectivity index (χ4v) is 9.69. The molecule has 0 unspecified atom stereocenters. The van der Waals surface area contributed by atoms with Gasteiger partial charge in [0.15, 0.2) is 0 Å². The monoisotopic (exact) mass is 734 g/mol. The van der Waals surface area contributed by atoms with Gasteiger partial charge >= 0.3 is 0 Å². The Morgan fingerprint density at radius 3 is 1.75 bits per heavy atom. The van der Waals surface area contributed by atoms with Gasteiger partial charge in [-0.1, -0.05) is 141 Å². The maximum Gasteiger partial charge on any atom is 0.135 e. The van der Waals surface area contributed by atoms with Gasteiger partial charge < -0.3 is 13.9 Å². The SMILES string of the molecule is c1ccc(-n2c3ccccc3c3ccc(-c4ccc(N(c5ccc(C6(c7ccccc7)CCCCC6)cc5)c5ccc6oc7ccccc7c6c5)cc4)cc32)cc1. The number of para-hydroxylation sites is 3. The highest BCUT2D eigenvalue weighted by Gasteiger charge is 2.35. The maximum atomic E-state index is 6.27. The van der Waals surface area contributed by atoms with Crippen LogP contribution in [0.25, 0.3) is 60.6 Å². The quantitative estimate of drug-likeness (QED) is 0.163. The minimum Gasteiger partial charge on any atom is -0.456 e. The fourth-order valence-electron chi connectivity index (χ4n) is 9.69. The van der Waals surface area contributed by atoms with Crippen LogP contribution < -0.4 is 4.90 Å². The topological polar surface area (TPSA) is 21.3 Å². The third-order valence-electron chi connectivity index (χ3n) is 12.5. The number of nitrogens with zero attached hydrogens (tertiary/aromatic N) is 2. The average Bonchev–Trinajstić information content (AvgIpc) is 3.83. The summed E-state index contributed by atoms with van der Waals surface area (Å²) >= 11 is 0. The molecule has 3 nitrogen and oxygen atoms in total. The van der Waals surface area contributed by atoms with Crippen molar-refractivity contribution in [3.05, 3.63) is 205 Å². The Hall–Kier alpha value is -6.84. The van der Waals surface area contributed by atoms with Crippen LogP contribution in [0.3, 0.4) is 0 Å². The molecule has 1 saturated carbocycles. The molecule has 0 spiro atoms. The molecule has 0 radical (unpaired) electrons. The fraction of sp³-hybridized carbons (Fsp3) is 0.111. The molecule has 0 N–H and O–H groups in total. The molecule has 0 aliphatic heterocycles. The largest absolute Gasteiger partial charge is 0.456 e. The highest BCUT2D eigenvalue weighted by atomic mass is 16.3. The van der Waals surface area contributed by atoms with E-state index < -0.39 is 0 Å². The molecule has 8 aromatic carbocycles. The first-order valence-corrected chi connectivity index (χ1v) is 20.3. The van der Waals surface area contributed by atoms with Crippen LogP contribution in [-0.2, 0) is 5.41 Å². The van der Waals surface area contributed by atoms with Crippen LogP contribution in [0.1, 0.15) is 43.2 Å². The van der Waals surface area contributed by atoms with Crippen LogP contribution in [0.4, 0.5) is 17.1 Å². The Kier molecular flexibility index (Phi) is 8.06. The molecule has 1 fully saturated rings. The Morgan fingerprint density at radius 1 is 0.404 bits per heavy atom. The summed E-state index contributed by atoms with van der Waals surface area (Å²) in [5.74, 6) is 0. The van der Waals surface area contributed by atoms with Gasteiger partial charge in [-0.15, -0.1) is 0 Å². The van der Waals surface area contributed by atoms with Gasteiger partial charge in [0.2, 0.25) is 0 Å². The molecule has 57 heavy (non-hydrogen) atoms. The van der Waals surface area contributed by atoms with Gasteiger partial charge in [-0.25, -0.2) is 0 Å². The van der Waals surface area contributed by atoms with Crippen molar-refractivity contribution in [1.82, 2.24) is 4.57 Å². The van der Waals surface area contributed by atoms with Crippen LogP contribution in [0.5, 0.6) is 0 Å². The number of furan rings is 1. The van der Waals surface area contributed by atoms with E-state index in [0.717, 1.165) is 39.0 Å². The van der Waals surface area contributed by atoms with E-state index in [9.17, 15) is 0 Å². The first-order valence-electron chi connectivity index (χ1n) is 20.3. The van der Waals surface area contributed by atoms with Gasteiger partial charge in [0, 0.05) is 49.7 Å². The van der Waals surface area contributed by atoms with Gasteiger partial charge in [0.05, 0.1) is 11.0 Å². The molecule has 1 aliphatic carbocycles. The predicted molar refractivity (Wildman–Crippen MR) is 238 cm³/mol. The summed E-state index contributed by atoms with van der Waals surface area (Å²) in [6.07, 6.45) is 6.20. The van der Waals surface area contributed by atoms with Crippen molar-refractivity contribution < 1.29 is 4.42 Å². The molecule has 11 rings (SSSR count). The smallest absolute Gasteiger partial charge is 0.135 e. The molecular formula is C54H42N2O. The lowest BCUT2D eigenvalue weighted by Crippen LogP contribution is -2.30. The number of anilines is 3. The molecule has 10 aromatic rings. The summed E-state index contributed by atoms with van der Waals surface area (Å²) in [7, 11) is 0. The second-order valence-electron chi connectivity index (χ2n) is 15.6. The normalized spacial score (nSPS) is 14.1. The van der Waals surface area contributed by atoms with Crippen molar-refractivity contribution in [3.63, 3.8) is 0 Å². The van der Waals surface area contributed by atoms with Crippen LogP contribution in [0.15, 0.2) is 199 Å². The van der Waals surface area contributed by atoms with Gasteiger partial charge in [0.25, 0.3) is 0 Å². The summed E-state index contributed by atoms with van der Waals surface area (Å²) in [6.45, 7) is 0. The van der Waals surface area contributed by atoms with E-state index in [0.29, 0.717) is 0 Å². The number of benzene rings is 8. The first-order chi connectivity index (χ1) is 28.2. The molecule has 1 aliphatic rings. The van der Waals surface area contributed by atoms with Crippen molar-refractivity contribution >= 4 is 60.8 Å². The van der Waals surface area contributed by atoms with Crippen LogP contribution in [0.2, 0.25) is 0 Å². The summed E-state index contributed by atoms with van der Waals surface area (Å²) in [4.78, 5) is 2.39. The number of aromatic nitrogens is 1. The Balaban J connectivity index is 1.02. The van der Waals surface area contributed by atoms with E-state index in [4.69, 9.17) is 4.42 Å². The lowest BCUT2D eigenvalue weighted by atomic mass is 9.65. The van der Waals surface area contributed by atoms with E-state index in [1.807, 2.05) is 6.07 Å². The minimum absolute atomic E-state index is 0.0481. The third-order valence-corrected chi connectivity index (χ3v) is 12.5. The molecule has 0 bridgehead atoms. The van der Waals surface area contributed by atoms with Crippen molar-refractivity contribution in [2.75, 3.05) is 4.90 Å². The van der Waals surface area contributed by atoms with Crippen molar-refractivity contribution in [1.29, 1.82) is 0 Å². The lowest BCUT2D eigenvalue weighted by Gasteiger charge is -2.39. The summed E-state index contributed by atoms with van der Waals surface area (Å²) in [6, 6.07) is 70.9. The van der Waals surface area contributed by atoms with Gasteiger partial charge in [-0.05, 0) is 108 Å². The van der Waals surface area contributed by atoms with Gasteiger partial charge in [0.1, 0.15) is 11.2 Å². The van der Waals surface area contributed by atoms with E-state index in [1.54, 1.807) is 0 Å². The van der Waals surface area contributed by atoms with Crippen molar-refractivity contribution in [2.24, 2.45) is 0 Å². The van der Waals surface area contributed by atoms with Crippen LogP contribution in [-0.4, -0.2) is 4.57 Å². The highest BCUT2D eigenvalue weighted by Crippen LogP contribution is 2.46. The molecule has 274 valence electrons. The standard InChI is InChI=1S/C54H42N2O/c1-4-14-40(15-5-1)54(34-12-3-13-35-54)41-25-29-44(30-26-41)55(45-31-33-53-49(37-45)48-19-9-11-21-52(48)57-53)43-27-22-38(23-28-43)39-24-32-47-46-18-8-10-20-50(46)56(51(47)36-39)42-16-6-2-7-17-42/h1-2,4-11,14-33,36-37H,3,12-13,34-35H2. The molecule has 2 aromatic heterocycles. The molecular weight excluding hydrogens is 693 g/mol. The maximum absolute atomic E-state index is 6.27. The van der Waals surface area contributed by atoms with Gasteiger partial charge in [-0.2, -0.15) is 0 Å². The molecule has 0 atom stereocenters. The minimum atomic E-state index is 0.0481. The number of fused-ring (bicyclic) bond motifs is 6. The van der Waals surface area contributed by atoms with E-state index >= 15 is 0 Å². The second-order valence-corrected chi connectivity index (χ2v) is 15.6.